The Labute approximate surface area is 176 Å². The Morgan fingerprint density at radius 1 is 1.13 bits per heavy atom. The van der Waals surface area contributed by atoms with E-state index in [-0.39, 0.29) is 23.6 Å². The lowest BCUT2D eigenvalue weighted by Gasteiger charge is -2.10. The van der Waals surface area contributed by atoms with Gasteiger partial charge in [0, 0.05) is 18.0 Å². The number of aryl methyl sites for hydroxylation is 1. The zero-order chi connectivity index (χ0) is 22.8. The van der Waals surface area contributed by atoms with Crippen molar-refractivity contribution in [3.63, 3.8) is 0 Å². The second-order valence-electron chi connectivity index (χ2n) is 6.69. The maximum Gasteiger partial charge on any atom is 0.573 e. The summed E-state index contributed by atoms with van der Waals surface area (Å²) in [5.41, 5.74) is 1.26. The number of benzene rings is 2. The molecule has 0 spiro atoms. The van der Waals surface area contributed by atoms with Crippen molar-refractivity contribution < 1.29 is 41.3 Å². The van der Waals surface area contributed by atoms with E-state index in [9.17, 15) is 26.7 Å². The van der Waals surface area contributed by atoms with Crippen molar-refractivity contribution in [2.24, 2.45) is 0 Å². The lowest BCUT2D eigenvalue weighted by atomic mass is 10.1. The molecule has 7 nitrogen and oxygen atoms in total. The SMILES string of the molecule is COc1ccc2c(c1)c(CCC(=O)O)cn2C[S+](=O)(O)c1ccc(OC(F)(F)F)cc1. The fourth-order valence-electron chi connectivity index (χ4n) is 3.14. The van der Waals surface area contributed by atoms with Gasteiger partial charge >= 0.3 is 12.3 Å². The summed E-state index contributed by atoms with van der Waals surface area (Å²) in [6.45, 7) is 0. The Bertz CT molecular complexity index is 1140. The van der Waals surface area contributed by atoms with E-state index in [1.54, 1.807) is 24.4 Å². The molecule has 1 aromatic heterocycles. The number of hydrogen-bond acceptors (Lipinski definition) is 4. The standard InChI is InChI=1S/C20H18F3NO6S/c1-29-15-5-8-18-17(10-15)13(2-9-19(25)26)11-24(18)12-31(27,28)16-6-3-14(4-7-16)30-20(21,22)23/h3-8,10-11H,2,9,12H2,1H3,(H-,25,26,27,28)/p+1. The summed E-state index contributed by atoms with van der Waals surface area (Å²) in [6, 6.07) is 9.21. The summed E-state index contributed by atoms with van der Waals surface area (Å²) < 4.78 is 70.9. The summed E-state index contributed by atoms with van der Waals surface area (Å²) in [4.78, 5) is 10.9. The Morgan fingerprint density at radius 2 is 1.77 bits per heavy atom. The Balaban J connectivity index is 1.92. The van der Waals surface area contributed by atoms with Crippen molar-refractivity contribution >= 4 is 27.1 Å². The molecule has 3 rings (SSSR count). The van der Waals surface area contributed by atoms with E-state index in [1.807, 2.05) is 0 Å². The second-order valence-corrected chi connectivity index (χ2v) is 8.70. The molecular formula is C20H19F3NO6S+. The van der Waals surface area contributed by atoms with E-state index in [1.165, 1.54) is 11.7 Å². The normalized spacial score (nSPS) is 13.7. The van der Waals surface area contributed by atoms with E-state index in [2.05, 4.69) is 4.74 Å². The van der Waals surface area contributed by atoms with Gasteiger partial charge in [0.05, 0.1) is 12.6 Å². The van der Waals surface area contributed by atoms with E-state index in [0.29, 0.717) is 22.2 Å². The van der Waals surface area contributed by atoms with Crippen molar-refractivity contribution in [1.82, 2.24) is 4.57 Å². The van der Waals surface area contributed by atoms with E-state index < -0.39 is 28.3 Å². The molecule has 1 unspecified atom stereocenters. The molecule has 1 heterocycles. The molecule has 0 radical (unpaired) electrons. The summed E-state index contributed by atoms with van der Waals surface area (Å²) in [5.74, 6) is -1.30. The zero-order valence-corrected chi connectivity index (χ0v) is 17.1. The van der Waals surface area contributed by atoms with Gasteiger partial charge in [0.2, 0.25) is 5.88 Å². The number of carbonyl (C=O) groups is 1. The zero-order valence-electron chi connectivity index (χ0n) is 16.3. The molecule has 0 aliphatic carbocycles. The molecule has 2 N–H and O–H groups in total. The highest BCUT2D eigenvalue weighted by atomic mass is 32.3. The molecule has 2 aromatic carbocycles. The van der Waals surface area contributed by atoms with Crippen LogP contribution < -0.4 is 9.47 Å². The summed E-state index contributed by atoms with van der Waals surface area (Å²) in [6.07, 6.45) is -3.17. The molecule has 0 saturated heterocycles. The number of nitrogens with zero attached hydrogens (tertiary/aromatic N) is 1. The molecule has 0 aliphatic rings. The number of carboxylic acids is 1. The van der Waals surface area contributed by atoms with Crippen LogP contribution >= 0.6 is 0 Å². The molecule has 0 saturated carbocycles. The van der Waals surface area contributed by atoms with Gasteiger partial charge in [-0.25, -0.2) is 0 Å². The van der Waals surface area contributed by atoms with Crippen LogP contribution in [0.15, 0.2) is 53.6 Å². The maximum absolute atomic E-state index is 12.9. The molecule has 0 amide bonds. The Hall–Kier alpha value is -3.05. The van der Waals surface area contributed by atoms with E-state index >= 15 is 0 Å². The third-order valence-electron chi connectivity index (χ3n) is 4.52. The first-order valence-electron chi connectivity index (χ1n) is 8.96. The first-order chi connectivity index (χ1) is 14.5. The lowest BCUT2D eigenvalue weighted by Crippen LogP contribution is -2.18. The number of halogens is 3. The van der Waals surface area contributed by atoms with Crippen LogP contribution in [0.25, 0.3) is 10.9 Å². The highest BCUT2D eigenvalue weighted by molar-refractivity contribution is 7.96. The number of aliphatic carboxylic acids is 1. The number of alkyl halides is 3. The van der Waals surface area contributed by atoms with Gasteiger partial charge in [-0.1, -0.05) is 4.21 Å². The number of rotatable bonds is 8. The maximum atomic E-state index is 12.9. The third-order valence-corrected chi connectivity index (χ3v) is 6.16. The van der Waals surface area contributed by atoms with Crippen molar-refractivity contribution in [3.8, 4) is 11.5 Å². The number of fused-ring (bicyclic) bond motifs is 1. The number of carboxylic acid groups (broad SMARTS) is 1. The molecule has 1 atom stereocenters. The minimum Gasteiger partial charge on any atom is -0.497 e. The van der Waals surface area contributed by atoms with E-state index in [0.717, 1.165) is 24.3 Å². The topological polar surface area (TPSA) is 98.0 Å². The molecule has 3 aromatic rings. The van der Waals surface area contributed by atoms with Crippen LogP contribution in [0.3, 0.4) is 0 Å². The van der Waals surface area contributed by atoms with Crippen LogP contribution in [0.5, 0.6) is 11.5 Å². The largest absolute Gasteiger partial charge is 0.573 e. The van der Waals surface area contributed by atoms with Crippen molar-refractivity contribution in [2.75, 3.05) is 7.11 Å². The molecule has 31 heavy (non-hydrogen) atoms. The molecule has 11 heteroatoms. The van der Waals surface area contributed by atoms with Gasteiger partial charge < -0.3 is 19.1 Å². The average Bonchev–Trinajstić information content (AvgIpc) is 3.01. The van der Waals surface area contributed by atoms with Crippen LogP contribution in [0.2, 0.25) is 0 Å². The van der Waals surface area contributed by atoms with Crippen molar-refractivity contribution in [2.45, 2.75) is 30.0 Å². The van der Waals surface area contributed by atoms with Crippen LogP contribution in [0, 0.1) is 0 Å². The van der Waals surface area contributed by atoms with Crippen LogP contribution in [-0.4, -0.2) is 33.7 Å². The predicted molar refractivity (Wildman–Crippen MR) is 107 cm³/mol. The van der Waals surface area contributed by atoms with Crippen molar-refractivity contribution in [3.05, 3.63) is 54.2 Å². The smallest absolute Gasteiger partial charge is 0.497 e. The highest BCUT2D eigenvalue weighted by Gasteiger charge is 2.33. The monoisotopic (exact) mass is 458 g/mol. The van der Waals surface area contributed by atoms with Gasteiger partial charge in [-0.2, -0.15) is 4.55 Å². The van der Waals surface area contributed by atoms with Gasteiger partial charge in [-0.3, -0.25) is 4.79 Å². The van der Waals surface area contributed by atoms with Crippen LogP contribution in [0.4, 0.5) is 13.2 Å². The second kappa shape index (κ2) is 8.60. The first kappa shape index (κ1) is 22.6. The summed E-state index contributed by atoms with van der Waals surface area (Å²) >= 11 is 0. The number of hydrogen-bond donors (Lipinski definition) is 2. The number of methoxy groups -OCH3 is 1. The van der Waals surface area contributed by atoms with Gasteiger partial charge in [0.15, 0.2) is 4.90 Å². The van der Waals surface area contributed by atoms with Crippen LogP contribution in [-0.2, 0) is 31.5 Å². The molecule has 0 fully saturated rings. The van der Waals surface area contributed by atoms with E-state index in [4.69, 9.17) is 9.84 Å². The summed E-state index contributed by atoms with van der Waals surface area (Å²) in [7, 11) is -2.18. The number of aromatic nitrogens is 1. The molecule has 166 valence electrons. The van der Waals surface area contributed by atoms with Gasteiger partial charge in [-0.15, -0.1) is 13.2 Å². The van der Waals surface area contributed by atoms with Gasteiger partial charge in [0.25, 0.3) is 10.2 Å². The van der Waals surface area contributed by atoms with Gasteiger partial charge in [-0.05, 0) is 54.4 Å². The van der Waals surface area contributed by atoms with Gasteiger partial charge in [0.1, 0.15) is 11.5 Å². The minimum absolute atomic E-state index is 0.0653. The minimum atomic E-state index is -4.86. The third kappa shape index (κ3) is 5.56. The average molecular weight is 458 g/mol. The molecule has 0 aliphatic heterocycles. The summed E-state index contributed by atoms with van der Waals surface area (Å²) in [5, 5.41) is 9.67. The first-order valence-corrected chi connectivity index (χ1v) is 10.6. The molecule has 0 bridgehead atoms. The van der Waals surface area contributed by atoms with Crippen molar-refractivity contribution in [1.29, 1.82) is 0 Å². The van der Waals surface area contributed by atoms with Crippen LogP contribution in [0.1, 0.15) is 12.0 Å². The fourth-order valence-corrected chi connectivity index (χ4v) is 4.44. The lowest BCUT2D eigenvalue weighted by molar-refractivity contribution is -0.274. The fraction of sp³-hybridized carbons (Fsp3) is 0.250. The Morgan fingerprint density at radius 3 is 2.35 bits per heavy atom. The Kier molecular flexibility index (Phi) is 6.27. The quantitative estimate of drug-likeness (QED) is 0.481. The molecular weight excluding hydrogens is 439 g/mol. The number of ether oxygens (including phenoxy) is 2. The highest BCUT2D eigenvalue weighted by Crippen LogP contribution is 2.30. The predicted octanol–water partition coefficient (Wildman–Crippen LogP) is 4.55.